The minimum absolute atomic E-state index is 0.191. The quantitative estimate of drug-likeness (QED) is 0.432. The van der Waals surface area contributed by atoms with E-state index in [-0.39, 0.29) is 5.41 Å². The largest absolute Gasteiger partial charge is 0.293 e. The van der Waals surface area contributed by atoms with Crippen molar-refractivity contribution in [1.82, 2.24) is 0 Å². The molecular weight excluding hydrogens is 386 g/mol. The zero-order chi connectivity index (χ0) is 25.2. The maximum atomic E-state index is 4.25. The average Bonchev–Trinajstić information content (AvgIpc) is 2.80. The zero-order valence-electron chi connectivity index (χ0n) is 22.8. The van der Waals surface area contributed by atoms with Gasteiger partial charge >= 0.3 is 0 Å². The summed E-state index contributed by atoms with van der Waals surface area (Å²) in [5.41, 5.74) is 5.47. The highest BCUT2D eigenvalue weighted by Crippen LogP contribution is 2.25. The third-order valence-corrected chi connectivity index (χ3v) is 4.71. The fraction of sp³-hybridized carbons (Fsp3) is 0.452. The molecule has 0 radical (unpaired) electrons. The molecule has 2 rings (SSSR count). The van der Waals surface area contributed by atoms with Crippen LogP contribution in [0.4, 0.5) is 0 Å². The first-order chi connectivity index (χ1) is 15.2. The van der Waals surface area contributed by atoms with Gasteiger partial charge in [-0.25, -0.2) is 0 Å². The number of rotatable bonds is 4. The van der Waals surface area contributed by atoms with E-state index in [4.69, 9.17) is 0 Å². The van der Waals surface area contributed by atoms with E-state index in [1.165, 1.54) is 27.5 Å². The molecule has 0 fully saturated rings. The van der Waals surface area contributed by atoms with E-state index in [2.05, 4.69) is 103 Å². The van der Waals surface area contributed by atoms with Crippen molar-refractivity contribution >= 4 is 18.9 Å². The predicted octanol–water partition coefficient (Wildman–Crippen LogP) is 7.92. The van der Waals surface area contributed by atoms with Crippen molar-refractivity contribution in [2.75, 3.05) is 6.54 Å². The molecule has 0 bridgehead atoms. The number of nitrogens with zero attached hydrogens (tertiary/aromatic N) is 1. The van der Waals surface area contributed by atoms with Gasteiger partial charge in [-0.1, -0.05) is 111 Å². The van der Waals surface area contributed by atoms with Crippen molar-refractivity contribution in [1.29, 1.82) is 0 Å². The summed E-state index contributed by atoms with van der Waals surface area (Å²) < 4.78 is 0. The maximum Gasteiger partial charge on any atom is 0.0361 e. The van der Waals surface area contributed by atoms with Crippen molar-refractivity contribution in [3.05, 3.63) is 81.2 Å². The molecule has 0 aromatic heterocycles. The van der Waals surface area contributed by atoms with Crippen LogP contribution in [0.5, 0.6) is 0 Å². The maximum absolute atomic E-state index is 4.25. The molecule has 0 N–H and O–H groups in total. The Morgan fingerprint density at radius 3 is 2.03 bits per heavy atom. The van der Waals surface area contributed by atoms with Gasteiger partial charge in [0.05, 0.1) is 0 Å². The highest BCUT2D eigenvalue weighted by Gasteiger charge is 2.13. The van der Waals surface area contributed by atoms with Crippen LogP contribution in [-0.2, 0) is 6.42 Å². The van der Waals surface area contributed by atoms with Crippen molar-refractivity contribution in [2.45, 2.75) is 82.6 Å². The molecule has 2 aromatic carbocycles. The highest BCUT2D eigenvalue weighted by atomic mass is 14.7. The molecule has 0 saturated carbocycles. The number of aryl methyl sites for hydroxylation is 2. The summed E-state index contributed by atoms with van der Waals surface area (Å²) in [4.78, 5) is 4.25. The van der Waals surface area contributed by atoms with Gasteiger partial charge in [0.2, 0.25) is 0 Å². The van der Waals surface area contributed by atoms with Gasteiger partial charge in [-0.2, -0.15) is 0 Å². The molecule has 0 spiro atoms. The Kier molecular flexibility index (Phi) is 18.1. The van der Waals surface area contributed by atoms with E-state index in [9.17, 15) is 0 Å². The first-order valence-corrected chi connectivity index (χ1v) is 12.2. The Morgan fingerprint density at radius 1 is 0.969 bits per heavy atom. The molecular formula is C31H49N. The van der Waals surface area contributed by atoms with Crippen molar-refractivity contribution in [2.24, 2.45) is 10.4 Å². The SMILES string of the molecule is C=c1cccc/c1=C/C(=C\C)C(C)(C)C.CC.CC.CCN=Cc1cc(CC)ccc1C. The summed E-state index contributed by atoms with van der Waals surface area (Å²) in [6, 6.07) is 14.8. The number of hydrogen-bond donors (Lipinski definition) is 0. The Hall–Kier alpha value is -2.41. The van der Waals surface area contributed by atoms with Gasteiger partial charge in [0, 0.05) is 12.8 Å². The first kappa shape index (κ1) is 31.8. The lowest BCUT2D eigenvalue weighted by atomic mass is 9.85. The number of benzene rings is 2. The van der Waals surface area contributed by atoms with Crippen LogP contribution in [-0.4, -0.2) is 12.8 Å². The number of allylic oxidation sites excluding steroid dienone is 2. The standard InChI is InChI=1S/C15H20.C12H17N.2C2H6/c1-6-14(15(3,4)5)11-13-10-8-7-9-12(13)2;1-4-11-7-6-10(3)12(8-11)9-13-5-2;2*1-2/h6-11H,2H2,1,3-5H3;6-9H,4-5H2,1-3H3;2*1-2H3/b13-11-,14-6+;;;. The second-order valence-electron chi connectivity index (χ2n) is 8.01. The summed E-state index contributed by atoms with van der Waals surface area (Å²) in [5, 5.41) is 2.29. The zero-order valence-corrected chi connectivity index (χ0v) is 22.8. The fourth-order valence-corrected chi connectivity index (χ4v) is 2.81. The van der Waals surface area contributed by atoms with Crippen LogP contribution in [0.15, 0.2) is 59.1 Å². The molecule has 32 heavy (non-hydrogen) atoms. The molecule has 0 aliphatic rings. The summed E-state index contributed by atoms with van der Waals surface area (Å²) >= 11 is 0. The van der Waals surface area contributed by atoms with Gasteiger partial charge in [-0.05, 0) is 71.4 Å². The Bertz CT molecular complexity index is 908. The second-order valence-corrected chi connectivity index (χ2v) is 8.01. The van der Waals surface area contributed by atoms with E-state index in [1.54, 1.807) is 0 Å². The van der Waals surface area contributed by atoms with Crippen LogP contribution >= 0.6 is 0 Å². The molecule has 0 atom stereocenters. The summed E-state index contributed by atoms with van der Waals surface area (Å²) in [5.74, 6) is 0. The van der Waals surface area contributed by atoms with Crippen molar-refractivity contribution in [3.63, 3.8) is 0 Å². The average molecular weight is 436 g/mol. The van der Waals surface area contributed by atoms with Gasteiger partial charge in [0.15, 0.2) is 0 Å². The van der Waals surface area contributed by atoms with Crippen LogP contribution in [0.25, 0.3) is 12.7 Å². The molecule has 0 saturated heterocycles. The minimum Gasteiger partial charge on any atom is -0.293 e. The van der Waals surface area contributed by atoms with Crippen molar-refractivity contribution < 1.29 is 0 Å². The monoisotopic (exact) mass is 435 g/mol. The van der Waals surface area contributed by atoms with Crippen molar-refractivity contribution in [3.8, 4) is 0 Å². The normalized spacial score (nSPS) is 11.6. The molecule has 1 heteroatoms. The molecule has 0 heterocycles. The van der Waals surface area contributed by atoms with E-state index >= 15 is 0 Å². The van der Waals surface area contributed by atoms with Crippen LogP contribution in [0.2, 0.25) is 0 Å². The molecule has 0 unspecified atom stereocenters. The first-order valence-electron chi connectivity index (χ1n) is 12.2. The Balaban J connectivity index is 0. The topological polar surface area (TPSA) is 12.4 Å². The Morgan fingerprint density at radius 2 is 1.56 bits per heavy atom. The molecule has 0 aliphatic heterocycles. The highest BCUT2D eigenvalue weighted by molar-refractivity contribution is 5.81. The number of aliphatic imine (C=N–C) groups is 1. The molecule has 1 nitrogen and oxygen atoms in total. The van der Waals surface area contributed by atoms with Crippen LogP contribution in [0.3, 0.4) is 0 Å². The summed E-state index contributed by atoms with van der Waals surface area (Å²) in [6.07, 6.45) is 7.45. The Labute approximate surface area is 199 Å². The van der Waals surface area contributed by atoms with E-state index in [0.29, 0.717) is 0 Å². The third-order valence-electron chi connectivity index (χ3n) is 4.71. The van der Waals surface area contributed by atoms with Gasteiger partial charge < -0.3 is 0 Å². The van der Waals surface area contributed by atoms with Crippen LogP contribution in [0.1, 0.15) is 85.9 Å². The lowest BCUT2D eigenvalue weighted by Crippen LogP contribution is -2.23. The van der Waals surface area contributed by atoms with Gasteiger partial charge in [0.25, 0.3) is 0 Å². The summed E-state index contributed by atoms with van der Waals surface area (Å²) in [7, 11) is 0. The van der Waals surface area contributed by atoms with E-state index < -0.39 is 0 Å². The fourth-order valence-electron chi connectivity index (χ4n) is 2.81. The molecule has 178 valence electrons. The lowest BCUT2D eigenvalue weighted by molar-refractivity contribution is 0.522. The van der Waals surface area contributed by atoms with Gasteiger partial charge in [0.1, 0.15) is 0 Å². The predicted molar refractivity (Wildman–Crippen MR) is 150 cm³/mol. The summed E-state index contributed by atoms with van der Waals surface area (Å²) in [6.45, 7) is 28.0. The van der Waals surface area contributed by atoms with E-state index in [1.807, 2.05) is 46.0 Å². The molecule has 0 aliphatic carbocycles. The lowest BCUT2D eigenvalue weighted by Gasteiger charge is -2.19. The van der Waals surface area contributed by atoms with Gasteiger partial charge in [-0.15, -0.1) is 0 Å². The second kappa shape index (κ2) is 18.2. The molecule has 0 amide bonds. The van der Waals surface area contributed by atoms with E-state index in [0.717, 1.165) is 18.2 Å². The van der Waals surface area contributed by atoms with Crippen LogP contribution < -0.4 is 10.4 Å². The molecule has 2 aromatic rings. The number of hydrogen-bond acceptors (Lipinski definition) is 1. The minimum atomic E-state index is 0.191. The van der Waals surface area contributed by atoms with Crippen LogP contribution in [0, 0.1) is 12.3 Å². The van der Waals surface area contributed by atoms with Gasteiger partial charge in [-0.3, -0.25) is 4.99 Å². The smallest absolute Gasteiger partial charge is 0.0361 e. The third kappa shape index (κ3) is 12.4.